The zero-order chi connectivity index (χ0) is 27.7. The van der Waals surface area contributed by atoms with E-state index in [9.17, 15) is 19.2 Å². The predicted molar refractivity (Wildman–Crippen MR) is 148 cm³/mol. The van der Waals surface area contributed by atoms with Gasteiger partial charge in [-0.15, -0.1) is 6.58 Å². The zero-order valence-electron chi connectivity index (χ0n) is 22.4. The van der Waals surface area contributed by atoms with Crippen molar-refractivity contribution >= 4 is 23.5 Å². The monoisotopic (exact) mass is 517 g/mol. The van der Waals surface area contributed by atoms with Crippen LogP contribution in [0.15, 0.2) is 67.3 Å². The average Bonchev–Trinajstić information content (AvgIpc) is 3.07. The van der Waals surface area contributed by atoms with Crippen LogP contribution in [0.25, 0.3) is 0 Å². The third kappa shape index (κ3) is 7.63. The van der Waals surface area contributed by atoms with Crippen LogP contribution < -0.4 is 11.1 Å². The van der Waals surface area contributed by atoms with Gasteiger partial charge >= 0.3 is 0 Å². The largest absolute Gasteiger partial charge is 0.369 e. The first-order valence-corrected chi connectivity index (χ1v) is 13.4. The Morgan fingerprint density at radius 3 is 2.42 bits per heavy atom. The van der Waals surface area contributed by atoms with Gasteiger partial charge in [-0.25, -0.2) is 0 Å². The first-order chi connectivity index (χ1) is 18.2. The number of amides is 3. The summed E-state index contributed by atoms with van der Waals surface area (Å²) in [6, 6.07) is 15.7. The number of carbonyl (C=O) groups excluding carboxylic acids is 4. The lowest BCUT2D eigenvalue weighted by molar-refractivity contribution is -0.139. The summed E-state index contributed by atoms with van der Waals surface area (Å²) in [5.74, 6) is -2.21. The lowest BCUT2D eigenvalue weighted by Crippen LogP contribution is -2.50. The first kappa shape index (κ1) is 28.8. The number of likely N-dealkylation sites (tertiary alicyclic amines) is 1. The van der Waals surface area contributed by atoms with Gasteiger partial charge in [0, 0.05) is 24.2 Å². The highest BCUT2D eigenvalue weighted by molar-refractivity contribution is 6.09. The van der Waals surface area contributed by atoms with E-state index >= 15 is 0 Å². The molecule has 2 aromatic rings. The molecule has 3 atom stereocenters. The maximum atomic E-state index is 13.5. The third-order valence-corrected chi connectivity index (χ3v) is 7.03. The number of nitrogens with zero attached hydrogens (tertiary/aromatic N) is 1. The van der Waals surface area contributed by atoms with Crippen LogP contribution in [0.4, 0.5) is 0 Å². The fraction of sp³-hybridized carbons (Fsp3) is 0.419. The topological polar surface area (TPSA) is 110 Å². The SMILES string of the molecule is C=CCC(C(N)=O)C(CC(C)C)C(=O)N[C@H]1CCCCN(Cc2cccc(C(=O)c3ccccc3)c2)C1=O. The van der Waals surface area contributed by atoms with E-state index in [-0.39, 0.29) is 23.5 Å². The van der Waals surface area contributed by atoms with Gasteiger partial charge in [0.15, 0.2) is 5.78 Å². The summed E-state index contributed by atoms with van der Waals surface area (Å²) in [5, 5.41) is 2.95. The van der Waals surface area contributed by atoms with E-state index in [0.29, 0.717) is 43.5 Å². The molecular formula is C31H39N3O4. The van der Waals surface area contributed by atoms with Crippen molar-refractivity contribution < 1.29 is 19.2 Å². The second kappa shape index (κ2) is 13.7. The fourth-order valence-corrected chi connectivity index (χ4v) is 5.08. The molecule has 3 N–H and O–H groups in total. The normalized spacial score (nSPS) is 17.4. The molecule has 2 aromatic carbocycles. The van der Waals surface area contributed by atoms with Crippen LogP contribution in [0.2, 0.25) is 0 Å². The van der Waals surface area contributed by atoms with Gasteiger partial charge in [0.05, 0.1) is 11.8 Å². The quantitative estimate of drug-likeness (QED) is 0.324. The van der Waals surface area contributed by atoms with E-state index in [1.165, 1.54) is 0 Å². The lowest BCUT2D eigenvalue weighted by atomic mass is 9.82. The molecule has 202 valence electrons. The standard InChI is InChI=1S/C31H39N3O4/c1-4-11-25(29(32)36)26(18-21(2)3)30(37)33-27-16-8-9-17-34(31(27)38)20-22-12-10-15-24(19-22)28(35)23-13-6-5-7-14-23/h4-7,10,12-15,19,21,25-27H,1,8-9,11,16-18,20H2,2-3H3,(H2,32,36)(H,33,37)/t25?,26?,27-/m0/s1. The van der Waals surface area contributed by atoms with Crippen LogP contribution in [0.3, 0.4) is 0 Å². The van der Waals surface area contributed by atoms with E-state index in [1.54, 1.807) is 29.2 Å². The Hall–Kier alpha value is -3.74. The van der Waals surface area contributed by atoms with Crippen molar-refractivity contribution in [3.63, 3.8) is 0 Å². The summed E-state index contributed by atoms with van der Waals surface area (Å²) in [5.41, 5.74) is 7.66. The molecule has 7 heteroatoms. The summed E-state index contributed by atoms with van der Waals surface area (Å²) in [7, 11) is 0. The molecule has 1 saturated heterocycles. The van der Waals surface area contributed by atoms with Crippen LogP contribution in [0.5, 0.6) is 0 Å². The molecule has 38 heavy (non-hydrogen) atoms. The molecular weight excluding hydrogens is 478 g/mol. The Balaban J connectivity index is 1.75. The van der Waals surface area contributed by atoms with Crippen molar-refractivity contribution in [1.29, 1.82) is 0 Å². The number of allylic oxidation sites excluding steroid dienone is 1. The maximum absolute atomic E-state index is 13.5. The van der Waals surface area contributed by atoms with E-state index in [4.69, 9.17) is 5.73 Å². The second-order valence-corrected chi connectivity index (χ2v) is 10.5. The number of nitrogens with two attached hydrogens (primary N) is 1. The highest BCUT2D eigenvalue weighted by Crippen LogP contribution is 2.25. The van der Waals surface area contributed by atoms with Crippen LogP contribution in [-0.4, -0.2) is 41.0 Å². The highest BCUT2D eigenvalue weighted by atomic mass is 16.2. The van der Waals surface area contributed by atoms with Crippen molar-refractivity contribution in [2.24, 2.45) is 23.5 Å². The molecule has 1 aliphatic rings. The van der Waals surface area contributed by atoms with Gasteiger partial charge in [0.2, 0.25) is 17.7 Å². The molecule has 1 heterocycles. The zero-order valence-corrected chi connectivity index (χ0v) is 22.4. The van der Waals surface area contributed by atoms with Gasteiger partial charge in [-0.05, 0) is 49.7 Å². The van der Waals surface area contributed by atoms with E-state index < -0.39 is 23.8 Å². The lowest BCUT2D eigenvalue weighted by Gasteiger charge is -2.29. The Labute approximate surface area is 225 Å². The van der Waals surface area contributed by atoms with Crippen LogP contribution in [-0.2, 0) is 20.9 Å². The molecule has 0 aromatic heterocycles. The summed E-state index contributed by atoms with van der Waals surface area (Å²) >= 11 is 0. The number of primary amides is 1. The number of benzene rings is 2. The minimum atomic E-state index is -0.675. The molecule has 2 unspecified atom stereocenters. The second-order valence-electron chi connectivity index (χ2n) is 10.5. The molecule has 1 aliphatic heterocycles. The summed E-state index contributed by atoms with van der Waals surface area (Å²) in [6.07, 6.45) is 4.54. The van der Waals surface area contributed by atoms with Gasteiger partial charge in [-0.1, -0.05) is 68.5 Å². The number of nitrogens with one attached hydrogen (secondary N) is 1. The van der Waals surface area contributed by atoms with Gasteiger partial charge in [-0.2, -0.15) is 0 Å². The molecule has 0 saturated carbocycles. The van der Waals surface area contributed by atoms with E-state index in [0.717, 1.165) is 18.4 Å². The molecule has 0 radical (unpaired) electrons. The van der Waals surface area contributed by atoms with Gasteiger partial charge in [0.25, 0.3) is 0 Å². The van der Waals surface area contributed by atoms with Gasteiger partial charge < -0.3 is 16.0 Å². The number of rotatable bonds is 12. The molecule has 3 rings (SSSR count). The molecule has 0 bridgehead atoms. The summed E-state index contributed by atoms with van der Waals surface area (Å²) in [4.78, 5) is 53.7. The summed E-state index contributed by atoms with van der Waals surface area (Å²) in [6.45, 7) is 8.59. The molecule has 0 aliphatic carbocycles. The summed E-state index contributed by atoms with van der Waals surface area (Å²) < 4.78 is 0. The van der Waals surface area contributed by atoms with Crippen molar-refractivity contribution in [3.8, 4) is 0 Å². The van der Waals surface area contributed by atoms with Crippen LogP contribution in [0, 0.1) is 17.8 Å². The molecule has 3 amide bonds. The Morgan fingerprint density at radius 2 is 1.76 bits per heavy atom. The average molecular weight is 518 g/mol. The predicted octanol–water partition coefficient (Wildman–Crippen LogP) is 4.25. The first-order valence-electron chi connectivity index (χ1n) is 13.4. The Bertz CT molecular complexity index is 1140. The number of hydrogen-bond acceptors (Lipinski definition) is 4. The molecule has 1 fully saturated rings. The third-order valence-electron chi connectivity index (χ3n) is 7.03. The van der Waals surface area contributed by atoms with Gasteiger partial charge in [-0.3, -0.25) is 19.2 Å². The Kier molecular flexibility index (Phi) is 10.4. The van der Waals surface area contributed by atoms with Crippen LogP contribution >= 0.6 is 0 Å². The Morgan fingerprint density at radius 1 is 1.05 bits per heavy atom. The smallest absolute Gasteiger partial charge is 0.245 e. The molecule has 7 nitrogen and oxygen atoms in total. The number of hydrogen-bond donors (Lipinski definition) is 2. The number of carbonyl (C=O) groups is 4. The van der Waals surface area contributed by atoms with Crippen molar-refractivity contribution in [2.45, 2.75) is 58.5 Å². The molecule has 0 spiro atoms. The fourth-order valence-electron chi connectivity index (χ4n) is 5.08. The van der Waals surface area contributed by atoms with Crippen LogP contribution in [0.1, 0.15) is 67.4 Å². The van der Waals surface area contributed by atoms with Crippen molar-refractivity contribution in [3.05, 3.63) is 83.9 Å². The van der Waals surface area contributed by atoms with E-state index in [1.807, 2.05) is 50.2 Å². The highest BCUT2D eigenvalue weighted by Gasteiger charge is 2.35. The minimum Gasteiger partial charge on any atom is -0.369 e. The maximum Gasteiger partial charge on any atom is 0.245 e. The van der Waals surface area contributed by atoms with Gasteiger partial charge in [0.1, 0.15) is 6.04 Å². The van der Waals surface area contributed by atoms with Crippen molar-refractivity contribution in [1.82, 2.24) is 10.2 Å². The van der Waals surface area contributed by atoms with E-state index in [2.05, 4.69) is 11.9 Å². The number of ketones is 1. The van der Waals surface area contributed by atoms with Crippen molar-refractivity contribution in [2.75, 3.05) is 6.54 Å². The minimum absolute atomic E-state index is 0.0699.